The van der Waals surface area contributed by atoms with Gasteiger partial charge in [-0.05, 0) is 30.7 Å². The van der Waals surface area contributed by atoms with Crippen molar-refractivity contribution in [1.82, 2.24) is 10.3 Å². The Morgan fingerprint density at radius 2 is 2.21 bits per heavy atom. The number of anilines is 2. The van der Waals surface area contributed by atoms with Crippen molar-refractivity contribution in [2.75, 3.05) is 24.1 Å². The van der Waals surface area contributed by atoms with Gasteiger partial charge in [0.15, 0.2) is 0 Å². The molecule has 2 aromatic rings. The molecule has 5 heteroatoms. The molecule has 0 radical (unpaired) electrons. The van der Waals surface area contributed by atoms with Gasteiger partial charge in [-0.1, -0.05) is 6.92 Å². The van der Waals surface area contributed by atoms with Gasteiger partial charge < -0.3 is 16.4 Å². The zero-order valence-electron chi connectivity index (χ0n) is 10.9. The van der Waals surface area contributed by atoms with E-state index in [1.807, 2.05) is 31.2 Å². The second-order valence-corrected chi connectivity index (χ2v) is 4.31. The van der Waals surface area contributed by atoms with E-state index in [1.165, 1.54) is 0 Å². The molecule has 1 aromatic carbocycles. The first-order valence-electron chi connectivity index (χ1n) is 6.36. The predicted octanol–water partition coefficient (Wildman–Crippen LogP) is 1.76. The van der Waals surface area contributed by atoms with E-state index < -0.39 is 0 Å². The van der Waals surface area contributed by atoms with Gasteiger partial charge >= 0.3 is 0 Å². The van der Waals surface area contributed by atoms with Gasteiger partial charge in [0.25, 0.3) is 0 Å². The number of nitrogens with zero attached hydrogens (tertiary/aromatic N) is 1. The molecule has 0 aliphatic rings. The van der Waals surface area contributed by atoms with E-state index in [-0.39, 0.29) is 12.5 Å². The number of nitrogens with one attached hydrogen (secondary N) is 2. The average Bonchev–Trinajstić information content (AvgIpc) is 2.45. The van der Waals surface area contributed by atoms with E-state index in [2.05, 4.69) is 15.6 Å². The van der Waals surface area contributed by atoms with E-state index >= 15 is 0 Å². The molecule has 0 unspecified atom stereocenters. The first kappa shape index (κ1) is 13.1. The fraction of sp³-hybridized carbons (Fsp3) is 0.286. The van der Waals surface area contributed by atoms with Gasteiger partial charge in [0.05, 0.1) is 17.7 Å². The number of pyridine rings is 1. The Bertz CT molecular complexity index is 583. The smallest absolute Gasteiger partial charge is 0.239 e. The summed E-state index contributed by atoms with van der Waals surface area (Å²) in [6.45, 7) is 2.95. The van der Waals surface area contributed by atoms with Crippen LogP contribution in [-0.2, 0) is 4.79 Å². The number of aromatic nitrogens is 1. The highest BCUT2D eigenvalue weighted by Gasteiger charge is 2.06. The maximum absolute atomic E-state index is 11.6. The Labute approximate surface area is 112 Å². The van der Waals surface area contributed by atoms with Crippen molar-refractivity contribution in [2.45, 2.75) is 13.3 Å². The Morgan fingerprint density at radius 1 is 1.37 bits per heavy atom. The van der Waals surface area contributed by atoms with E-state index in [0.29, 0.717) is 12.2 Å². The van der Waals surface area contributed by atoms with Gasteiger partial charge in [-0.3, -0.25) is 9.78 Å². The molecule has 4 N–H and O–H groups in total. The minimum atomic E-state index is -0.0252. The lowest BCUT2D eigenvalue weighted by Crippen LogP contribution is -2.30. The summed E-state index contributed by atoms with van der Waals surface area (Å²) in [7, 11) is 0. The van der Waals surface area contributed by atoms with Gasteiger partial charge in [-0.15, -0.1) is 0 Å². The molecule has 0 spiro atoms. The highest BCUT2D eigenvalue weighted by Crippen LogP contribution is 2.25. The largest absolute Gasteiger partial charge is 0.398 e. The molecule has 5 nitrogen and oxygen atoms in total. The van der Waals surface area contributed by atoms with Crippen molar-refractivity contribution in [1.29, 1.82) is 0 Å². The van der Waals surface area contributed by atoms with Crippen molar-refractivity contribution in [3.05, 3.63) is 30.5 Å². The van der Waals surface area contributed by atoms with Gasteiger partial charge in [-0.25, -0.2) is 0 Å². The summed E-state index contributed by atoms with van der Waals surface area (Å²) in [5, 5.41) is 6.80. The average molecular weight is 258 g/mol. The van der Waals surface area contributed by atoms with Gasteiger partial charge in [0.1, 0.15) is 0 Å². The van der Waals surface area contributed by atoms with Crippen molar-refractivity contribution in [2.24, 2.45) is 0 Å². The van der Waals surface area contributed by atoms with Crippen LogP contribution in [0, 0.1) is 0 Å². The molecule has 2 rings (SSSR count). The minimum absolute atomic E-state index is 0.0252. The van der Waals surface area contributed by atoms with Gasteiger partial charge in [-0.2, -0.15) is 0 Å². The van der Waals surface area contributed by atoms with E-state index in [4.69, 9.17) is 5.73 Å². The summed E-state index contributed by atoms with van der Waals surface area (Å²) in [6.07, 6.45) is 2.64. The van der Waals surface area contributed by atoms with Crippen LogP contribution in [0.4, 0.5) is 11.4 Å². The third-order valence-corrected chi connectivity index (χ3v) is 2.81. The molecule has 0 fully saturated rings. The molecule has 0 saturated heterocycles. The molecule has 1 amide bonds. The number of amides is 1. The summed E-state index contributed by atoms with van der Waals surface area (Å²) in [5.41, 5.74) is 8.18. The SMILES string of the molecule is CCCNC(=O)CNc1ccc(N)c2cccnc12. The lowest BCUT2D eigenvalue weighted by atomic mass is 10.1. The molecule has 0 bridgehead atoms. The number of nitrogens with two attached hydrogens (primary N) is 1. The molecule has 0 atom stereocenters. The minimum Gasteiger partial charge on any atom is -0.398 e. The van der Waals surface area contributed by atoms with Gasteiger partial charge in [0.2, 0.25) is 5.91 Å². The Morgan fingerprint density at radius 3 is 3.00 bits per heavy atom. The maximum atomic E-state index is 11.6. The fourth-order valence-corrected chi connectivity index (χ4v) is 1.84. The van der Waals surface area contributed by atoms with Crippen molar-refractivity contribution in [3.8, 4) is 0 Å². The molecule has 1 heterocycles. The Hall–Kier alpha value is -2.30. The normalized spacial score (nSPS) is 10.4. The summed E-state index contributed by atoms with van der Waals surface area (Å²) in [4.78, 5) is 15.9. The topological polar surface area (TPSA) is 80.0 Å². The lowest BCUT2D eigenvalue weighted by molar-refractivity contribution is -0.119. The predicted molar refractivity (Wildman–Crippen MR) is 77.9 cm³/mol. The second-order valence-electron chi connectivity index (χ2n) is 4.31. The van der Waals surface area contributed by atoms with Crippen LogP contribution in [0.5, 0.6) is 0 Å². The van der Waals surface area contributed by atoms with E-state index in [1.54, 1.807) is 6.20 Å². The zero-order chi connectivity index (χ0) is 13.7. The maximum Gasteiger partial charge on any atom is 0.239 e. The van der Waals surface area contributed by atoms with Crippen LogP contribution in [0.3, 0.4) is 0 Å². The third-order valence-electron chi connectivity index (χ3n) is 2.81. The highest BCUT2D eigenvalue weighted by atomic mass is 16.1. The van der Waals surface area contributed by atoms with E-state index in [0.717, 1.165) is 23.0 Å². The second kappa shape index (κ2) is 6.04. The van der Waals surface area contributed by atoms with Gasteiger partial charge in [0, 0.05) is 23.8 Å². The Kier molecular flexibility index (Phi) is 4.18. The van der Waals surface area contributed by atoms with Crippen LogP contribution >= 0.6 is 0 Å². The molecule has 100 valence electrons. The number of hydrogen-bond donors (Lipinski definition) is 3. The zero-order valence-corrected chi connectivity index (χ0v) is 10.9. The monoisotopic (exact) mass is 258 g/mol. The quantitative estimate of drug-likeness (QED) is 0.714. The van der Waals surface area contributed by atoms with Crippen LogP contribution in [0.2, 0.25) is 0 Å². The molecule has 0 aliphatic heterocycles. The lowest BCUT2D eigenvalue weighted by Gasteiger charge is -2.10. The number of carbonyl (C=O) groups excluding carboxylic acids is 1. The molecule has 1 aromatic heterocycles. The molecular formula is C14H18N4O. The Balaban J connectivity index is 2.13. The summed E-state index contributed by atoms with van der Waals surface area (Å²) in [5.74, 6) is -0.0252. The number of carbonyl (C=O) groups is 1. The van der Waals surface area contributed by atoms with Crippen LogP contribution in [-0.4, -0.2) is 24.0 Å². The summed E-state index contributed by atoms with van der Waals surface area (Å²) < 4.78 is 0. The number of hydrogen-bond acceptors (Lipinski definition) is 4. The molecule has 0 saturated carbocycles. The first-order chi connectivity index (χ1) is 9.22. The van der Waals surface area contributed by atoms with Crippen LogP contribution < -0.4 is 16.4 Å². The molecule has 19 heavy (non-hydrogen) atoms. The van der Waals surface area contributed by atoms with Crippen molar-refractivity contribution < 1.29 is 4.79 Å². The fourth-order valence-electron chi connectivity index (χ4n) is 1.84. The number of rotatable bonds is 5. The highest BCUT2D eigenvalue weighted by molar-refractivity contribution is 5.99. The summed E-state index contributed by atoms with van der Waals surface area (Å²) >= 11 is 0. The number of benzene rings is 1. The molecule has 0 aliphatic carbocycles. The first-order valence-corrected chi connectivity index (χ1v) is 6.36. The summed E-state index contributed by atoms with van der Waals surface area (Å²) in [6, 6.07) is 7.42. The van der Waals surface area contributed by atoms with Crippen LogP contribution in [0.1, 0.15) is 13.3 Å². The standard InChI is InChI=1S/C14H18N4O/c1-2-7-16-13(19)9-18-12-6-5-11(15)10-4-3-8-17-14(10)12/h3-6,8,18H,2,7,9,15H2,1H3,(H,16,19). The number of fused-ring (bicyclic) bond motifs is 1. The third kappa shape index (κ3) is 3.13. The van der Waals surface area contributed by atoms with Crippen LogP contribution in [0.25, 0.3) is 10.9 Å². The molecular weight excluding hydrogens is 240 g/mol. The van der Waals surface area contributed by atoms with Crippen molar-refractivity contribution in [3.63, 3.8) is 0 Å². The van der Waals surface area contributed by atoms with E-state index in [9.17, 15) is 4.79 Å². The van der Waals surface area contributed by atoms with Crippen LogP contribution in [0.15, 0.2) is 30.5 Å². The number of nitrogen functional groups attached to an aromatic ring is 1. The van der Waals surface area contributed by atoms with Crippen molar-refractivity contribution >= 4 is 28.2 Å².